The number of benzene rings is 1. The normalized spacial score (nSPS) is 28.1. The van der Waals surface area contributed by atoms with E-state index >= 15 is 0 Å². The van der Waals surface area contributed by atoms with Crippen molar-refractivity contribution in [2.24, 2.45) is 5.11 Å². The molecule has 0 bridgehead atoms. The van der Waals surface area contributed by atoms with Crippen molar-refractivity contribution < 1.29 is 18.9 Å². The number of methoxy groups -OCH3 is 1. The van der Waals surface area contributed by atoms with Gasteiger partial charge in [-0.15, -0.1) is 0 Å². The first-order valence-electron chi connectivity index (χ1n) is 10.8. The highest BCUT2D eigenvalue weighted by Crippen LogP contribution is 2.43. The van der Waals surface area contributed by atoms with Gasteiger partial charge in [0, 0.05) is 46.6 Å². The molecule has 0 radical (unpaired) electrons. The van der Waals surface area contributed by atoms with E-state index in [-0.39, 0.29) is 6.61 Å². The zero-order valence-corrected chi connectivity index (χ0v) is 20.1. The van der Waals surface area contributed by atoms with Crippen LogP contribution in [-0.2, 0) is 18.9 Å². The first-order chi connectivity index (χ1) is 17.2. The molecule has 5 rings (SSSR count). The van der Waals surface area contributed by atoms with Gasteiger partial charge in [-0.05, 0) is 11.6 Å². The predicted molar refractivity (Wildman–Crippen MR) is 129 cm³/mol. The lowest BCUT2D eigenvalue weighted by atomic mass is 9.96. The lowest BCUT2D eigenvalue weighted by Gasteiger charge is -2.47. The molecule has 0 N–H and O–H groups in total. The van der Waals surface area contributed by atoms with Gasteiger partial charge in [0.2, 0.25) is 0 Å². The molecule has 35 heavy (non-hydrogen) atoms. The molecule has 2 saturated heterocycles. The maximum absolute atomic E-state index is 9.34. The molecule has 2 aliphatic heterocycles. The summed E-state index contributed by atoms with van der Waals surface area (Å²) < 4.78 is 24.4. The topological polar surface area (TPSA) is 124 Å². The van der Waals surface area contributed by atoms with Gasteiger partial charge in [-0.2, -0.15) is 0 Å². The number of fused-ring (bicyclic) bond motifs is 1. The van der Waals surface area contributed by atoms with Crippen LogP contribution in [0.25, 0.3) is 21.7 Å². The number of ether oxygens (including phenoxy) is 4. The maximum atomic E-state index is 9.34. The number of aromatic nitrogens is 3. The number of rotatable bonds is 6. The molecule has 10 nitrogen and oxygen atoms in total. The van der Waals surface area contributed by atoms with Gasteiger partial charge in [0.15, 0.2) is 6.29 Å². The third-order valence-corrected chi connectivity index (χ3v) is 7.12. The molecular weight excluding hydrogens is 492 g/mol. The number of hydrogen-bond acceptors (Lipinski definition) is 9. The van der Waals surface area contributed by atoms with E-state index in [1.165, 1.54) is 18.1 Å². The zero-order valence-electron chi connectivity index (χ0n) is 18.5. The summed E-state index contributed by atoms with van der Waals surface area (Å²) in [5.74, 6) is 0. The van der Waals surface area contributed by atoms with Crippen LogP contribution in [0.2, 0.25) is 5.02 Å². The number of nitrogens with zero attached hydrogens (tertiary/aromatic N) is 6. The Hall–Kier alpha value is -2.76. The van der Waals surface area contributed by atoms with Crippen LogP contribution in [-0.4, -0.2) is 58.5 Å². The number of halogens is 1. The van der Waals surface area contributed by atoms with Gasteiger partial charge in [0.25, 0.3) is 0 Å². The van der Waals surface area contributed by atoms with Crippen molar-refractivity contribution in [3.05, 3.63) is 82.3 Å². The van der Waals surface area contributed by atoms with Crippen molar-refractivity contribution in [3.8, 4) is 11.3 Å². The van der Waals surface area contributed by atoms with Crippen molar-refractivity contribution in [1.29, 1.82) is 0 Å². The molecule has 2 aromatic heterocycles. The summed E-state index contributed by atoms with van der Waals surface area (Å²) in [7, 11) is 1.55. The average molecular weight is 513 g/mol. The molecule has 180 valence electrons. The van der Waals surface area contributed by atoms with Gasteiger partial charge in [-0.1, -0.05) is 58.8 Å². The smallest absolute Gasteiger partial charge is 0.184 e. The van der Waals surface area contributed by atoms with Crippen molar-refractivity contribution >= 4 is 23.4 Å². The Bertz CT molecular complexity index is 1200. The lowest BCUT2D eigenvalue weighted by Crippen LogP contribution is -2.60. The molecule has 2 aliphatic rings. The quantitative estimate of drug-likeness (QED) is 0.261. The molecule has 4 heterocycles. The van der Waals surface area contributed by atoms with Crippen LogP contribution < -0.4 is 0 Å². The second-order valence-corrected chi connectivity index (χ2v) is 9.44. The third kappa shape index (κ3) is 5.12. The van der Waals surface area contributed by atoms with E-state index in [1.807, 2.05) is 30.3 Å². The standard InChI is InChI=1S/C23H21ClN6O4S/c1-31-21-19(29-30-25)20-16(11-32-22(34-20)13-5-3-2-4-6-13)33-23(21)35-17-7-15(24)10-28-18(17)14-8-26-12-27-9-14/h2-10,12,16,19-23H,11H2,1H3/t16?,19?,20-,21-,22?,23+/m0/s1. The van der Waals surface area contributed by atoms with Crippen molar-refractivity contribution in [2.45, 2.75) is 41.0 Å². The van der Waals surface area contributed by atoms with E-state index in [0.29, 0.717) is 10.7 Å². The van der Waals surface area contributed by atoms with Crippen molar-refractivity contribution in [1.82, 2.24) is 15.0 Å². The summed E-state index contributed by atoms with van der Waals surface area (Å²) in [6.07, 6.45) is 4.15. The Balaban J connectivity index is 1.44. The van der Waals surface area contributed by atoms with Crippen LogP contribution in [0.5, 0.6) is 0 Å². The fourth-order valence-corrected chi connectivity index (χ4v) is 5.71. The molecular formula is C23H21ClN6O4S. The molecule has 0 aliphatic carbocycles. The summed E-state index contributed by atoms with van der Waals surface area (Å²) >= 11 is 7.64. The molecule has 0 spiro atoms. The van der Waals surface area contributed by atoms with Crippen molar-refractivity contribution in [3.63, 3.8) is 0 Å². The fourth-order valence-electron chi connectivity index (χ4n) is 4.16. The van der Waals surface area contributed by atoms with Crippen LogP contribution in [0.15, 0.2) is 71.3 Å². The van der Waals surface area contributed by atoms with Gasteiger partial charge < -0.3 is 18.9 Å². The summed E-state index contributed by atoms with van der Waals surface area (Å²) in [5.41, 5.74) is 11.0. The molecule has 12 heteroatoms. The minimum absolute atomic E-state index is 0.266. The SMILES string of the molecule is CO[C@H]1C(N=[N+]=[N-])[C@H]2OC(c3ccccc3)OCC2O[C@@H]1Sc1cc(Cl)cnc1-c1cncnc1. The van der Waals surface area contributed by atoms with E-state index < -0.39 is 36.1 Å². The van der Waals surface area contributed by atoms with Crippen LogP contribution >= 0.6 is 23.4 Å². The first-order valence-corrected chi connectivity index (χ1v) is 12.1. The Morgan fingerprint density at radius 2 is 1.97 bits per heavy atom. The van der Waals surface area contributed by atoms with Crippen LogP contribution in [0.3, 0.4) is 0 Å². The van der Waals surface area contributed by atoms with E-state index in [0.717, 1.165) is 16.0 Å². The molecule has 2 fully saturated rings. The van der Waals surface area contributed by atoms with Crippen LogP contribution in [0.4, 0.5) is 0 Å². The monoisotopic (exact) mass is 512 g/mol. The summed E-state index contributed by atoms with van der Waals surface area (Å²) in [4.78, 5) is 16.5. The number of thioether (sulfide) groups is 1. The van der Waals surface area contributed by atoms with Gasteiger partial charge in [-0.25, -0.2) is 9.97 Å². The fraction of sp³-hybridized carbons (Fsp3) is 0.348. The largest absolute Gasteiger partial charge is 0.377 e. The second kappa shape index (κ2) is 10.9. The summed E-state index contributed by atoms with van der Waals surface area (Å²) in [6.45, 7) is 0.266. The Labute approximate surface area is 210 Å². The number of hydrogen-bond donors (Lipinski definition) is 0. The predicted octanol–water partition coefficient (Wildman–Crippen LogP) is 4.82. The number of pyridine rings is 1. The molecule has 1 aromatic carbocycles. The highest BCUT2D eigenvalue weighted by Gasteiger charge is 2.50. The lowest BCUT2D eigenvalue weighted by molar-refractivity contribution is -0.298. The molecule has 0 amide bonds. The molecule has 0 saturated carbocycles. The van der Waals surface area contributed by atoms with Gasteiger partial charge in [0.05, 0.1) is 23.4 Å². The second-order valence-electron chi connectivity index (χ2n) is 7.86. The molecule has 3 aromatic rings. The van der Waals surface area contributed by atoms with E-state index in [1.54, 1.807) is 31.8 Å². The van der Waals surface area contributed by atoms with Crippen molar-refractivity contribution in [2.75, 3.05) is 13.7 Å². The van der Waals surface area contributed by atoms with E-state index in [2.05, 4.69) is 25.0 Å². The van der Waals surface area contributed by atoms with E-state index in [9.17, 15) is 5.53 Å². The van der Waals surface area contributed by atoms with Gasteiger partial charge >= 0.3 is 0 Å². The van der Waals surface area contributed by atoms with Gasteiger partial charge in [0.1, 0.15) is 30.1 Å². The first kappa shape index (κ1) is 24.0. The minimum atomic E-state index is -0.646. The minimum Gasteiger partial charge on any atom is -0.377 e. The molecule has 3 unspecified atom stereocenters. The van der Waals surface area contributed by atoms with Gasteiger partial charge in [-0.3, -0.25) is 4.98 Å². The number of azide groups is 1. The zero-order chi connectivity index (χ0) is 24.2. The highest BCUT2D eigenvalue weighted by molar-refractivity contribution is 8.00. The summed E-state index contributed by atoms with van der Waals surface area (Å²) in [6, 6.07) is 10.7. The Morgan fingerprint density at radius 1 is 1.17 bits per heavy atom. The maximum Gasteiger partial charge on any atom is 0.184 e. The highest BCUT2D eigenvalue weighted by atomic mass is 35.5. The average Bonchev–Trinajstić information content (AvgIpc) is 2.90. The molecule has 6 atom stereocenters. The Morgan fingerprint density at radius 3 is 2.71 bits per heavy atom. The van der Waals surface area contributed by atoms with Crippen LogP contribution in [0, 0.1) is 0 Å². The van der Waals surface area contributed by atoms with E-state index in [4.69, 9.17) is 30.5 Å². The Kier molecular flexibility index (Phi) is 7.45. The van der Waals surface area contributed by atoms with Crippen LogP contribution in [0.1, 0.15) is 11.9 Å². The summed E-state index contributed by atoms with van der Waals surface area (Å²) in [5, 5.41) is 4.53. The third-order valence-electron chi connectivity index (χ3n) is 5.73.